The summed E-state index contributed by atoms with van der Waals surface area (Å²) in [6, 6.07) is 0. The van der Waals surface area contributed by atoms with Crippen LogP contribution in [0.1, 0.15) is 287 Å². The molecule has 0 heterocycles. The molecule has 0 aromatic rings. The molecule has 0 amide bonds. The number of carbonyl (C=O) groups is 4. The average Bonchev–Trinajstić information content (AvgIpc) is 3.41. The Balaban J connectivity index is 5.26. The van der Waals surface area contributed by atoms with Crippen LogP contribution in [0.2, 0.25) is 0 Å². The van der Waals surface area contributed by atoms with Gasteiger partial charge in [-0.15, -0.1) is 0 Å². The van der Waals surface area contributed by atoms with Crippen molar-refractivity contribution < 1.29 is 80.2 Å². The second-order valence-corrected chi connectivity index (χ2v) is 26.4. The van der Waals surface area contributed by atoms with Gasteiger partial charge in [0.25, 0.3) is 0 Å². The van der Waals surface area contributed by atoms with E-state index in [0.717, 1.165) is 115 Å². The molecule has 5 unspecified atom stereocenters. The maximum atomic E-state index is 12.9. The number of phosphoric acid groups is 2. The number of phosphoric ester groups is 2. The Morgan fingerprint density at radius 1 is 0.350 bits per heavy atom. The molecule has 0 aliphatic rings. The highest BCUT2D eigenvalue weighted by molar-refractivity contribution is 7.47. The van der Waals surface area contributed by atoms with Crippen LogP contribution < -0.4 is 0 Å². The topological polar surface area (TPSA) is 237 Å². The minimum absolute atomic E-state index is 0.101. The molecule has 0 aromatic carbocycles. The molecule has 80 heavy (non-hydrogen) atoms. The number of rotatable bonds is 58. The zero-order valence-electron chi connectivity index (χ0n) is 51.7. The minimum Gasteiger partial charge on any atom is -0.462 e. The molecule has 3 N–H and O–H groups in total. The Morgan fingerprint density at radius 2 is 0.600 bits per heavy atom. The molecule has 0 rings (SSSR count). The van der Waals surface area contributed by atoms with Crippen LogP contribution in [0.25, 0.3) is 0 Å². The third kappa shape index (κ3) is 52.8. The van der Waals surface area contributed by atoms with Crippen molar-refractivity contribution in [3.05, 3.63) is 0 Å². The fraction of sp³-hybridized carbons (Fsp3) is 0.934. The first-order chi connectivity index (χ1) is 38.2. The van der Waals surface area contributed by atoms with Gasteiger partial charge in [-0.1, -0.05) is 235 Å². The van der Waals surface area contributed by atoms with Crippen molar-refractivity contribution >= 4 is 39.5 Å². The van der Waals surface area contributed by atoms with Gasteiger partial charge in [0, 0.05) is 25.7 Å². The van der Waals surface area contributed by atoms with E-state index in [0.29, 0.717) is 37.5 Å². The highest BCUT2D eigenvalue weighted by atomic mass is 31.2. The number of aliphatic hydroxyl groups excluding tert-OH is 1. The lowest BCUT2D eigenvalue weighted by atomic mass is 10.00. The molecular formula is C61H118O17P2. The van der Waals surface area contributed by atoms with Gasteiger partial charge in [0.2, 0.25) is 0 Å². The van der Waals surface area contributed by atoms with Crippen LogP contribution in [-0.4, -0.2) is 96.7 Å². The van der Waals surface area contributed by atoms with Crippen molar-refractivity contribution in [2.24, 2.45) is 23.7 Å². The molecule has 474 valence electrons. The summed E-state index contributed by atoms with van der Waals surface area (Å²) in [5.74, 6) is 0.703. The van der Waals surface area contributed by atoms with Crippen molar-refractivity contribution in [2.75, 3.05) is 39.6 Å². The van der Waals surface area contributed by atoms with E-state index in [1.165, 1.54) is 77.0 Å². The molecule has 0 bridgehead atoms. The second kappa shape index (κ2) is 51.5. The molecule has 19 heteroatoms. The van der Waals surface area contributed by atoms with Crippen LogP contribution in [0, 0.1) is 23.7 Å². The van der Waals surface area contributed by atoms with E-state index < -0.39 is 97.5 Å². The molecule has 0 aromatic heterocycles. The number of hydrogen-bond acceptors (Lipinski definition) is 15. The predicted octanol–water partition coefficient (Wildman–Crippen LogP) is 16.2. The maximum Gasteiger partial charge on any atom is 0.472 e. The Labute approximate surface area is 486 Å². The molecule has 0 saturated carbocycles. The quantitative estimate of drug-likeness (QED) is 0.0222. The standard InChI is InChI=1S/C61H118O17P2/c1-9-53(7)39-31-23-17-19-26-34-42-59(64)72-48-57(78-61(66)44-36-28-20-18-24-32-40-54(8)10-2)50-76-80(69,70)74-46-55(62)45-73-79(67,68)75-49-56(77-60(65)43-35-27-16-12-14-22-30-38-52(5)6)47-71-58(63)41-33-25-15-11-13-21-29-37-51(3)4/h51-57,62H,9-50H2,1-8H3,(H,67,68)(H,69,70)/t53?,54?,55?,56-,57-/m1/s1. The van der Waals surface area contributed by atoms with Crippen LogP contribution in [0.4, 0.5) is 0 Å². The molecular weight excluding hydrogens is 1070 g/mol. The van der Waals surface area contributed by atoms with Crippen LogP contribution in [-0.2, 0) is 65.4 Å². The number of ether oxygens (including phenoxy) is 4. The van der Waals surface area contributed by atoms with Crippen LogP contribution in [0.3, 0.4) is 0 Å². The second-order valence-electron chi connectivity index (χ2n) is 23.5. The number of aliphatic hydroxyl groups is 1. The SMILES string of the molecule is CCC(C)CCCCCCCCC(=O)OC[C@H](COP(=O)(O)OCC(O)COP(=O)(O)OC[C@@H](COC(=O)CCCCCCCCCC(C)C)OC(=O)CCCCCCCCCC(C)C)OC(=O)CCCCCCCCC(C)CC. The van der Waals surface area contributed by atoms with Gasteiger partial charge in [-0.3, -0.25) is 37.3 Å². The van der Waals surface area contributed by atoms with Crippen molar-refractivity contribution in [1.29, 1.82) is 0 Å². The van der Waals surface area contributed by atoms with Crippen LogP contribution in [0.5, 0.6) is 0 Å². The fourth-order valence-electron chi connectivity index (χ4n) is 8.83. The molecule has 17 nitrogen and oxygen atoms in total. The zero-order valence-corrected chi connectivity index (χ0v) is 53.5. The largest absolute Gasteiger partial charge is 0.472 e. The third-order valence-electron chi connectivity index (χ3n) is 14.5. The summed E-state index contributed by atoms with van der Waals surface area (Å²) in [5, 5.41) is 10.5. The molecule has 0 spiro atoms. The van der Waals surface area contributed by atoms with Gasteiger partial charge < -0.3 is 33.8 Å². The van der Waals surface area contributed by atoms with E-state index >= 15 is 0 Å². The lowest BCUT2D eigenvalue weighted by molar-refractivity contribution is -0.161. The normalized spacial score (nSPS) is 15.2. The van der Waals surface area contributed by atoms with E-state index in [-0.39, 0.29) is 25.7 Å². The number of hydrogen-bond donors (Lipinski definition) is 3. The lowest BCUT2D eigenvalue weighted by Gasteiger charge is -2.21. The van der Waals surface area contributed by atoms with E-state index in [9.17, 15) is 43.2 Å². The van der Waals surface area contributed by atoms with E-state index in [1.807, 2.05) is 0 Å². The smallest absolute Gasteiger partial charge is 0.462 e. The Morgan fingerprint density at radius 3 is 0.887 bits per heavy atom. The summed E-state index contributed by atoms with van der Waals surface area (Å²) in [7, 11) is -9.88. The van der Waals surface area contributed by atoms with Gasteiger partial charge in [-0.05, 0) is 49.4 Å². The van der Waals surface area contributed by atoms with Gasteiger partial charge in [-0.25, -0.2) is 9.13 Å². The first kappa shape index (κ1) is 78.1. The van der Waals surface area contributed by atoms with Crippen molar-refractivity contribution in [1.82, 2.24) is 0 Å². The molecule has 7 atom stereocenters. The van der Waals surface area contributed by atoms with Gasteiger partial charge in [0.1, 0.15) is 19.3 Å². The average molecular weight is 1190 g/mol. The molecule has 0 radical (unpaired) electrons. The lowest BCUT2D eigenvalue weighted by Crippen LogP contribution is -2.30. The molecule has 0 fully saturated rings. The first-order valence-corrected chi connectivity index (χ1v) is 34.8. The number of unbranched alkanes of at least 4 members (excludes halogenated alkanes) is 22. The highest BCUT2D eigenvalue weighted by Gasteiger charge is 2.30. The van der Waals surface area contributed by atoms with Gasteiger partial charge in [-0.2, -0.15) is 0 Å². The Hall–Kier alpha value is -1.94. The summed E-state index contributed by atoms with van der Waals surface area (Å²) in [5.41, 5.74) is 0. The van der Waals surface area contributed by atoms with Gasteiger partial charge in [0.05, 0.1) is 26.4 Å². The van der Waals surface area contributed by atoms with Crippen molar-refractivity contribution in [2.45, 2.75) is 305 Å². The van der Waals surface area contributed by atoms with Gasteiger partial charge in [0.15, 0.2) is 12.2 Å². The molecule has 0 aliphatic heterocycles. The first-order valence-electron chi connectivity index (χ1n) is 31.8. The zero-order chi connectivity index (χ0) is 59.7. The Bertz CT molecular complexity index is 1610. The predicted molar refractivity (Wildman–Crippen MR) is 317 cm³/mol. The van der Waals surface area contributed by atoms with Crippen LogP contribution in [0.15, 0.2) is 0 Å². The minimum atomic E-state index is -4.94. The summed E-state index contributed by atoms with van der Waals surface area (Å²) in [6.07, 6.45) is 29.6. The van der Waals surface area contributed by atoms with E-state index in [4.69, 9.17) is 37.0 Å². The highest BCUT2D eigenvalue weighted by Crippen LogP contribution is 2.45. The van der Waals surface area contributed by atoms with E-state index in [2.05, 4.69) is 55.4 Å². The summed E-state index contributed by atoms with van der Waals surface area (Å²) in [4.78, 5) is 72.0. The summed E-state index contributed by atoms with van der Waals surface area (Å²) >= 11 is 0. The van der Waals surface area contributed by atoms with Crippen LogP contribution >= 0.6 is 15.6 Å². The Kier molecular flexibility index (Phi) is 50.2. The summed E-state index contributed by atoms with van der Waals surface area (Å²) in [6.45, 7) is 13.9. The van der Waals surface area contributed by atoms with Crippen molar-refractivity contribution in [3.63, 3.8) is 0 Å². The van der Waals surface area contributed by atoms with Gasteiger partial charge >= 0.3 is 39.5 Å². The molecule has 0 aliphatic carbocycles. The number of carbonyl (C=O) groups excluding carboxylic acids is 4. The summed E-state index contributed by atoms with van der Waals surface area (Å²) < 4.78 is 67.8. The van der Waals surface area contributed by atoms with E-state index in [1.54, 1.807) is 0 Å². The fourth-order valence-corrected chi connectivity index (χ4v) is 10.4. The third-order valence-corrected chi connectivity index (χ3v) is 16.4. The van der Waals surface area contributed by atoms with Crippen molar-refractivity contribution in [3.8, 4) is 0 Å². The maximum absolute atomic E-state index is 12.9. The number of esters is 4. The molecule has 0 saturated heterocycles. The monoisotopic (exact) mass is 1180 g/mol.